The quantitative estimate of drug-likeness (QED) is 0.445. The van der Waals surface area contributed by atoms with Crippen LogP contribution in [0.2, 0.25) is 0 Å². The summed E-state index contributed by atoms with van der Waals surface area (Å²) in [5.41, 5.74) is 5.50. The van der Waals surface area contributed by atoms with Crippen molar-refractivity contribution in [1.82, 2.24) is 24.8 Å². The smallest absolute Gasteiger partial charge is 0.181 e. The average molecular weight is 496 g/mol. The lowest BCUT2D eigenvalue weighted by Crippen LogP contribution is -2.36. The van der Waals surface area contributed by atoms with Gasteiger partial charge in [0, 0.05) is 43.0 Å². The molecule has 0 saturated carbocycles. The fourth-order valence-corrected chi connectivity index (χ4v) is 4.99. The maximum atomic E-state index is 9.84. The summed E-state index contributed by atoms with van der Waals surface area (Å²) in [6, 6.07) is 16.3. The first-order chi connectivity index (χ1) is 18.2. The van der Waals surface area contributed by atoms with Gasteiger partial charge in [0.15, 0.2) is 5.65 Å². The predicted molar refractivity (Wildman–Crippen MR) is 141 cm³/mol. The molecule has 0 radical (unpaired) electrons. The van der Waals surface area contributed by atoms with E-state index in [4.69, 9.17) is 14.5 Å². The van der Waals surface area contributed by atoms with E-state index in [9.17, 15) is 5.26 Å². The van der Waals surface area contributed by atoms with Crippen molar-refractivity contribution in [3.63, 3.8) is 0 Å². The zero-order valence-corrected chi connectivity index (χ0v) is 20.9. The number of likely N-dealkylation sites (tertiary alicyclic amines) is 1. The summed E-state index contributed by atoms with van der Waals surface area (Å²) in [5, 5.41) is 9.84. The van der Waals surface area contributed by atoms with Gasteiger partial charge in [-0.15, -0.1) is 0 Å². The number of piperidine rings is 1. The van der Waals surface area contributed by atoms with Crippen LogP contribution >= 0.6 is 0 Å². The highest BCUT2D eigenvalue weighted by Gasteiger charge is 2.20. The molecule has 0 amide bonds. The highest BCUT2D eigenvalue weighted by molar-refractivity contribution is 5.89. The normalized spacial score (nSPS) is 17.1. The number of fused-ring (bicyclic) bond motifs is 1. The Labute approximate surface area is 215 Å². The van der Waals surface area contributed by atoms with E-state index < -0.39 is 0 Å². The minimum Gasteiger partial charge on any atom is -0.489 e. The van der Waals surface area contributed by atoms with E-state index in [1.165, 1.54) is 12.0 Å². The second kappa shape index (κ2) is 10.2. The average Bonchev–Trinajstić information content (AvgIpc) is 3.40. The van der Waals surface area contributed by atoms with Gasteiger partial charge >= 0.3 is 0 Å². The molecule has 0 atom stereocenters. The monoisotopic (exact) mass is 495 g/mol. The molecule has 9 heteroatoms. The van der Waals surface area contributed by atoms with E-state index in [1.54, 1.807) is 0 Å². The number of H-pyrrole nitrogens is 1. The molecule has 37 heavy (non-hydrogen) atoms. The van der Waals surface area contributed by atoms with Crippen molar-refractivity contribution in [2.45, 2.75) is 18.9 Å². The second-order valence-corrected chi connectivity index (χ2v) is 9.60. The summed E-state index contributed by atoms with van der Waals surface area (Å²) in [4.78, 5) is 21.7. The van der Waals surface area contributed by atoms with E-state index in [1.807, 2.05) is 18.2 Å². The SMILES string of the molecule is CN1CCC(Oc2ccc(-c3ncnc4nc(-c5ccc(N6CCOCC6)cc5)[nH]c34)cc2C#N)CC1. The molecule has 0 aliphatic carbocycles. The number of ether oxygens (including phenoxy) is 2. The molecule has 2 aromatic heterocycles. The van der Waals surface area contributed by atoms with Crippen molar-refractivity contribution in [2.24, 2.45) is 0 Å². The number of nitrogens with zero attached hydrogens (tertiary/aromatic N) is 6. The summed E-state index contributed by atoms with van der Waals surface area (Å²) in [7, 11) is 2.12. The largest absolute Gasteiger partial charge is 0.489 e. The molecule has 0 bridgehead atoms. The lowest BCUT2D eigenvalue weighted by molar-refractivity contribution is 0.114. The molecule has 6 rings (SSSR count). The maximum Gasteiger partial charge on any atom is 0.181 e. The summed E-state index contributed by atoms with van der Waals surface area (Å²) in [6.07, 6.45) is 3.56. The van der Waals surface area contributed by atoms with E-state index in [0.717, 1.165) is 74.7 Å². The molecule has 2 fully saturated rings. The zero-order chi connectivity index (χ0) is 25.2. The van der Waals surface area contributed by atoms with Gasteiger partial charge in [0.2, 0.25) is 0 Å². The van der Waals surface area contributed by atoms with E-state index >= 15 is 0 Å². The number of hydrogen-bond donors (Lipinski definition) is 1. The molecule has 0 spiro atoms. The van der Waals surface area contributed by atoms with Gasteiger partial charge in [-0.1, -0.05) is 0 Å². The molecular formula is C28H29N7O2. The lowest BCUT2D eigenvalue weighted by Gasteiger charge is -2.29. The Morgan fingerprint density at radius 1 is 1.00 bits per heavy atom. The predicted octanol–water partition coefficient (Wildman–Crippen LogP) is 3.87. The molecule has 2 aromatic carbocycles. The fraction of sp³-hybridized carbons (Fsp3) is 0.357. The van der Waals surface area contributed by atoms with Crippen molar-refractivity contribution in [1.29, 1.82) is 5.26 Å². The zero-order valence-electron chi connectivity index (χ0n) is 20.9. The minimum absolute atomic E-state index is 0.129. The van der Waals surface area contributed by atoms with Gasteiger partial charge in [-0.05, 0) is 62.4 Å². The van der Waals surface area contributed by atoms with Crippen molar-refractivity contribution in [2.75, 3.05) is 51.3 Å². The van der Waals surface area contributed by atoms with Crippen LogP contribution in [-0.2, 0) is 4.74 Å². The van der Waals surface area contributed by atoms with Crippen LogP contribution in [0.15, 0.2) is 48.8 Å². The van der Waals surface area contributed by atoms with E-state index in [0.29, 0.717) is 22.7 Å². The van der Waals surface area contributed by atoms with Crippen molar-refractivity contribution >= 4 is 16.9 Å². The minimum atomic E-state index is 0.129. The number of morpholine rings is 1. The molecule has 9 nitrogen and oxygen atoms in total. The Morgan fingerprint density at radius 2 is 1.76 bits per heavy atom. The summed E-state index contributed by atoms with van der Waals surface area (Å²) >= 11 is 0. The number of hydrogen-bond acceptors (Lipinski definition) is 8. The van der Waals surface area contributed by atoms with Crippen LogP contribution in [0.4, 0.5) is 5.69 Å². The first-order valence-corrected chi connectivity index (χ1v) is 12.7. The van der Waals surface area contributed by atoms with Gasteiger partial charge in [0.25, 0.3) is 0 Å². The standard InChI is InChI=1S/C28H29N7O2/c1-34-10-8-23(9-11-34)37-24-7-4-20(16-21(24)17-29)25-26-28(31-18-30-25)33-27(32-26)19-2-5-22(6-3-19)35-12-14-36-15-13-35/h2-7,16,18,23H,8-15H2,1H3,(H,30,31,32,33). The van der Waals surface area contributed by atoms with Crippen LogP contribution in [0.1, 0.15) is 18.4 Å². The van der Waals surface area contributed by atoms with Gasteiger partial charge in [0.1, 0.15) is 35.6 Å². The summed E-state index contributed by atoms with van der Waals surface area (Å²) < 4.78 is 11.7. The van der Waals surface area contributed by atoms with Gasteiger partial charge in [0.05, 0.1) is 24.5 Å². The van der Waals surface area contributed by atoms with Gasteiger partial charge < -0.3 is 24.3 Å². The van der Waals surface area contributed by atoms with Crippen molar-refractivity contribution in [3.05, 3.63) is 54.4 Å². The number of anilines is 1. The Balaban J connectivity index is 1.27. The highest BCUT2D eigenvalue weighted by atomic mass is 16.5. The fourth-order valence-electron chi connectivity index (χ4n) is 4.99. The first-order valence-electron chi connectivity index (χ1n) is 12.7. The number of aromatic nitrogens is 4. The van der Waals surface area contributed by atoms with Gasteiger partial charge in [-0.25, -0.2) is 15.0 Å². The number of imidazole rings is 1. The molecular weight excluding hydrogens is 466 g/mol. The van der Waals surface area contributed by atoms with Gasteiger partial charge in [-0.2, -0.15) is 5.26 Å². The third kappa shape index (κ3) is 4.86. The molecule has 188 valence electrons. The Hall–Kier alpha value is -4.00. The Morgan fingerprint density at radius 3 is 2.51 bits per heavy atom. The first kappa shape index (κ1) is 23.4. The number of benzene rings is 2. The number of nitriles is 1. The molecule has 2 aliphatic heterocycles. The van der Waals surface area contributed by atoms with Crippen LogP contribution in [0, 0.1) is 11.3 Å². The third-order valence-electron chi connectivity index (χ3n) is 7.14. The maximum absolute atomic E-state index is 9.84. The van der Waals surface area contributed by atoms with Crippen molar-refractivity contribution < 1.29 is 9.47 Å². The molecule has 2 saturated heterocycles. The Bertz CT molecular complexity index is 1430. The molecule has 0 unspecified atom stereocenters. The number of nitrogens with one attached hydrogen (secondary N) is 1. The summed E-state index contributed by atoms with van der Waals surface area (Å²) in [6.45, 7) is 5.31. The number of rotatable bonds is 5. The van der Waals surface area contributed by atoms with E-state index in [2.05, 4.69) is 62.1 Å². The van der Waals surface area contributed by atoms with Crippen molar-refractivity contribution in [3.8, 4) is 34.5 Å². The molecule has 2 aliphatic rings. The molecule has 4 heterocycles. The van der Waals surface area contributed by atoms with E-state index in [-0.39, 0.29) is 6.10 Å². The van der Waals surface area contributed by atoms with Crippen LogP contribution in [0.3, 0.4) is 0 Å². The third-order valence-corrected chi connectivity index (χ3v) is 7.14. The number of aromatic amines is 1. The molecule has 1 N–H and O–H groups in total. The summed E-state index contributed by atoms with van der Waals surface area (Å²) in [5.74, 6) is 1.35. The van der Waals surface area contributed by atoms with Crippen LogP contribution in [0.25, 0.3) is 33.8 Å². The van der Waals surface area contributed by atoms with Crippen LogP contribution < -0.4 is 9.64 Å². The van der Waals surface area contributed by atoms with Crippen LogP contribution in [-0.4, -0.2) is 77.4 Å². The Kier molecular flexibility index (Phi) is 6.43. The highest BCUT2D eigenvalue weighted by Crippen LogP contribution is 2.31. The lowest BCUT2D eigenvalue weighted by atomic mass is 10.1. The van der Waals surface area contributed by atoms with Gasteiger partial charge in [-0.3, -0.25) is 0 Å². The molecule has 4 aromatic rings. The topological polar surface area (TPSA) is 103 Å². The van der Waals surface area contributed by atoms with Crippen LogP contribution in [0.5, 0.6) is 5.75 Å². The second-order valence-electron chi connectivity index (χ2n) is 9.60.